The molecule has 1 aromatic carbocycles. The van der Waals surface area contributed by atoms with Crippen molar-refractivity contribution < 1.29 is 4.42 Å². The highest BCUT2D eigenvalue weighted by molar-refractivity contribution is 5.74. The summed E-state index contributed by atoms with van der Waals surface area (Å²) in [6.07, 6.45) is 0. The highest BCUT2D eigenvalue weighted by Gasteiger charge is 2.07. The number of para-hydroxylation sites is 2. The van der Waals surface area contributed by atoms with Crippen molar-refractivity contribution in [1.82, 2.24) is 9.66 Å². The number of hydrogen-bond donors (Lipinski definition) is 1. The van der Waals surface area contributed by atoms with E-state index in [1.807, 2.05) is 54.9 Å². The highest BCUT2D eigenvalue weighted by atomic mass is 16.4. The molecule has 17 heavy (non-hydrogen) atoms. The van der Waals surface area contributed by atoms with Crippen molar-refractivity contribution in [3.8, 4) is 0 Å². The summed E-state index contributed by atoms with van der Waals surface area (Å²) in [5.74, 6) is 0. The topological polar surface area (TPSA) is 43.0 Å². The number of aryl methyl sites for hydroxylation is 2. The molecule has 0 unspecified atom stereocenters. The second-order valence-electron chi connectivity index (χ2n) is 4.05. The second kappa shape index (κ2) is 3.66. The van der Waals surface area contributed by atoms with Crippen LogP contribution in [0, 0.1) is 13.8 Å². The first-order chi connectivity index (χ1) is 8.24. The van der Waals surface area contributed by atoms with Crippen molar-refractivity contribution in [2.45, 2.75) is 13.8 Å². The van der Waals surface area contributed by atoms with Gasteiger partial charge >= 0.3 is 6.01 Å². The molecule has 4 nitrogen and oxygen atoms in total. The highest BCUT2D eigenvalue weighted by Crippen LogP contribution is 2.19. The normalized spacial score (nSPS) is 10.9. The summed E-state index contributed by atoms with van der Waals surface area (Å²) in [5.41, 5.74) is 7.03. The minimum atomic E-state index is 0.508. The number of benzene rings is 1. The summed E-state index contributed by atoms with van der Waals surface area (Å²) in [4.78, 5) is 4.37. The quantitative estimate of drug-likeness (QED) is 0.731. The third-order valence-corrected chi connectivity index (χ3v) is 2.77. The molecule has 4 heteroatoms. The molecule has 0 fully saturated rings. The largest absolute Gasteiger partial charge is 0.422 e. The zero-order valence-corrected chi connectivity index (χ0v) is 9.77. The van der Waals surface area contributed by atoms with E-state index in [0.29, 0.717) is 6.01 Å². The lowest BCUT2D eigenvalue weighted by atomic mass is 10.3. The molecule has 2 aromatic heterocycles. The van der Waals surface area contributed by atoms with Gasteiger partial charge < -0.3 is 4.42 Å². The number of oxazole rings is 1. The molecule has 0 aliphatic carbocycles. The summed E-state index contributed by atoms with van der Waals surface area (Å²) in [6.45, 7) is 4.06. The van der Waals surface area contributed by atoms with Crippen LogP contribution in [0.1, 0.15) is 11.4 Å². The first-order valence-electron chi connectivity index (χ1n) is 5.51. The number of nitrogens with zero attached hydrogens (tertiary/aromatic N) is 2. The van der Waals surface area contributed by atoms with Crippen LogP contribution in [-0.2, 0) is 0 Å². The maximum atomic E-state index is 5.61. The Morgan fingerprint density at radius 1 is 1.06 bits per heavy atom. The van der Waals surface area contributed by atoms with E-state index in [-0.39, 0.29) is 0 Å². The molecular formula is C13H13N3O. The Morgan fingerprint density at radius 3 is 2.47 bits per heavy atom. The van der Waals surface area contributed by atoms with E-state index < -0.39 is 0 Å². The molecule has 0 atom stereocenters. The van der Waals surface area contributed by atoms with Crippen LogP contribution in [0.25, 0.3) is 11.1 Å². The van der Waals surface area contributed by atoms with E-state index in [9.17, 15) is 0 Å². The lowest BCUT2D eigenvalue weighted by Crippen LogP contribution is -2.12. The molecule has 0 aliphatic rings. The summed E-state index contributed by atoms with van der Waals surface area (Å²) < 4.78 is 7.56. The Bertz CT molecular complexity index is 614. The lowest BCUT2D eigenvalue weighted by Gasteiger charge is -2.07. The number of fused-ring (bicyclic) bond motifs is 1. The van der Waals surface area contributed by atoms with Gasteiger partial charge in [0.15, 0.2) is 5.58 Å². The van der Waals surface area contributed by atoms with Gasteiger partial charge in [-0.2, -0.15) is 4.98 Å². The van der Waals surface area contributed by atoms with Crippen LogP contribution in [-0.4, -0.2) is 9.66 Å². The van der Waals surface area contributed by atoms with Crippen LogP contribution < -0.4 is 5.43 Å². The first kappa shape index (κ1) is 9.96. The summed E-state index contributed by atoms with van der Waals surface area (Å²) in [5, 5.41) is 0. The molecule has 0 bridgehead atoms. The van der Waals surface area contributed by atoms with Crippen LogP contribution in [0.5, 0.6) is 0 Å². The fourth-order valence-electron chi connectivity index (χ4n) is 1.86. The monoisotopic (exact) mass is 227 g/mol. The molecule has 86 valence electrons. The molecule has 1 N–H and O–H groups in total. The molecule has 3 aromatic rings. The van der Waals surface area contributed by atoms with Gasteiger partial charge in [0.1, 0.15) is 5.52 Å². The molecule has 0 saturated heterocycles. The summed E-state index contributed by atoms with van der Waals surface area (Å²) >= 11 is 0. The molecule has 2 heterocycles. The van der Waals surface area contributed by atoms with Crippen molar-refractivity contribution in [2.75, 3.05) is 5.43 Å². The van der Waals surface area contributed by atoms with Crippen molar-refractivity contribution in [3.63, 3.8) is 0 Å². The Balaban J connectivity index is 2.00. The number of hydrogen-bond acceptors (Lipinski definition) is 3. The van der Waals surface area contributed by atoms with Gasteiger partial charge in [0, 0.05) is 11.4 Å². The Hall–Kier alpha value is -2.23. The van der Waals surface area contributed by atoms with Gasteiger partial charge in [-0.3, -0.25) is 4.68 Å². The predicted molar refractivity (Wildman–Crippen MR) is 66.9 cm³/mol. The van der Waals surface area contributed by atoms with E-state index in [1.165, 1.54) is 0 Å². The Morgan fingerprint density at radius 2 is 1.76 bits per heavy atom. The lowest BCUT2D eigenvalue weighted by molar-refractivity contribution is 0.602. The zero-order valence-electron chi connectivity index (χ0n) is 9.77. The Kier molecular flexibility index (Phi) is 2.14. The van der Waals surface area contributed by atoms with E-state index in [4.69, 9.17) is 4.42 Å². The minimum Gasteiger partial charge on any atom is -0.422 e. The molecule has 0 spiro atoms. The van der Waals surface area contributed by atoms with Gasteiger partial charge in [-0.1, -0.05) is 12.1 Å². The SMILES string of the molecule is Cc1ccc(C)n1Nc1nc2ccccc2o1. The number of rotatable bonds is 2. The van der Waals surface area contributed by atoms with E-state index in [0.717, 1.165) is 22.5 Å². The van der Waals surface area contributed by atoms with Crippen molar-refractivity contribution >= 4 is 17.1 Å². The molecule has 0 radical (unpaired) electrons. The van der Waals surface area contributed by atoms with Gasteiger partial charge in [0.2, 0.25) is 0 Å². The summed E-state index contributed by atoms with van der Waals surface area (Å²) in [7, 11) is 0. The predicted octanol–water partition coefficient (Wildman–Crippen LogP) is 3.12. The zero-order chi connectivity index (χ0) is 11.8. The van der Waals surface area contributed by atoms with Crippen LogP contribution in [0.3, 0.4) is 0 Å². The van der Waals surface area contributed by atoms with E-state index in [1.54, 1.807) is 0 Å². The molecule has 0 aliphatic heterocycles. The van der Waals surface area contributed by atoms with Crippen molar-refractivity contribution in [2.24, 2.45) is 0 Å². The third-order valence-electron chi connectivity index (χ3n) is 2.77. The first-order valence-corrected chi connectivity index (χ1v) is 5.51. The maximum Gasteiger partial charge on any atom is 0.315 e. The smallest absolute Gasteiger partial charge is 0.315 e. The van der Waals surface area contributed by atoms with Crippen molar-refractivity contribution in [3.05, 3.63) is 47.8 Å². The van der Waals surface area contributed by atoms with Crippen LogP contribution in [0.15, 0.2) is 40.8 Å². The van der Waals surface area contributed by atoms with Crippen LogP contribution >= 0.6 is 0 Å². The number of anilines is 1. The molecule has 0 amide bonds. The average Bonchev–Trinajstić information content (AvgIpc) is 2.87. The number of aromatic nitrogens is 2. The van der Waals surface area contributed by atoms with Gasteiger partial charge in [-0.15, -0.1) is 0 Å². The van der Waals surface area contributed by atoms with E-state index >= 15 is 0 Å². The fourth-order valence-corrected chi connectivity index (χ4v) is 1.86. The molecule has 3 rings (SSSR count). The maximum absolute atomic E-state index is 5.61. The number of nitrogens with one attached hydrogen (secondary N) is 1. The van der Waals surface area contributed by atoms with Gasteiger partial charge in [-0.25, -0.2) is 5.43 Å². The van der Waals surface area contributed by atoms with Crippen LogP contribution in [0.2, 0.25) is 0 Å². The molecular weight excluding hydrogens is 214 g/mol. The van der Waals surface area contributed by atoms with Crippen LogP contribution in [0.4, 0.5) is 6.01 Å². The average molecular weight is 227 g/mol. The standard InChI is InChI=1S/C13H13N3O/c1-9-7-8-10(2)16(9)15-13-14-11-5-3-4-6-12(11)17-13/h3-8H,1-2H3,(H,14,15). The van der Waals surface area contributed by atoms with Gasteiger partial charge in [0.05, 0.1) is 0 Å². The molecule has 0 saturated carbocycles. The van der Waals surface area contributed by atoms with Gasteiger partial charge in [0.25, 0.3) is 0 Å². The Labute approximate surface area is 98.9 Å². The fraction of sp³-hybridized carbons (Fsp3) is 0.154. The van der Waals surface area contributed by atoms with Crippen molar-refractivity contribution in [1.29, 1.82) is 0 Å². The minimum absolute atomic E-state index is 0.508. The third kappa shape index (κ3) is 1.67. The van der Waals surface area contributed by atoms with E-state index in [2.05, 4.69) is 10.4 Å². The summed E-state index contributed by atoms with van der Waals surface area (Å²) in [6, 6.07) is 12.3. The second-order valence-corrected chi connectivity index (χ2v) is 4.05. The van der Waals surface area contributed by atoms with Gasteiger partial charge in [-0.05, 0) is 38.1 Å².